The standard InChI is InChI=1S/C12H10N2OS/c1-2-15-11-6-4-3-5-10(11)12-14-8-9(7-13)16-12/h3-6,8H,2H2,1H3. The predicted octanol–water partition coefficient (Wildman–Crippen LogP) is 3.08. The van der Waals surface area contributed by atoms with Crippen LogP contribution in [0.3, 0.4) is 0 Å². The summed E-state index contributed by atoms with van der Waals surface area (Å²) in [6, 6.07) is 9.80. The van der Waals surface area contributed by atoms with Crippen molar-refractivity contribution >= 4 is 11.3 Å². The second-order valence-corrected chi connectivity index (χ2v) is 4.10. The summed E-state index contributed by atoms with van der Waals surface area (Å²) in [4.78, 5) is 4.83. The number of hydrogen-bond acceptors (Lipinski definition) is 4. The first-order valence-corrected chi connectivity index (χ1v) is 5.75. The molecule has 0 bridgehead atoms. The number of para-hydroxylation sites is 1. The average Bonchev–Trinajstić information content (AvgIpc) is 2.79. The van der Waals surface area contributed by atoms with Gasteiger partial charge in [-0.3, -0.25) is 0 Å². The molecule has 0 N–H and O–H groups in total. The van der Waals surface area contributed by atoms with Crippen LogP contribution in [-0.2, 0) is 0 Å². The Labute approximate surface area is 97.9 Å². The molecule has 0 atom stereocenters. The SMILES string of the molecule is CCOc1ccccc1-c1ncc(C#N)s1. The van der Waals surface area contributed by atoms with Crippen LogP contribution >= 0.6 is 11.3 Å². The van der Waals surface area contributed by atoms with Crippen molar-refractivity contribution in [2.24, 2.45) is 0 Å². The lowest BCUT2D eigenvalue weighted by molar-refractivity contribution is 0.341. The average molecular weight is 230 g/mol. The molecule has 0 unspecified atom stereocenters. The molecule has 16 heavy (non-hydrogen) atoms. The summed E-state index contributed by atoms with van der Waals surface area (Å²) >= 11 is 1.37. The number of ether oxygens (including phenoxy) is 1. The summed E-state index contributed by atoms with van der Waals surface area (Å²) in [5.41, 5.74) is 0.941. The van der Waals surface area contributed by atoms with Crippen molar-refractivity contribution in [2.75, 3.05) is 6.61 Å². The van der Waals surface area contributed by atoms with Crippen molar-refractivity contribution in [2.45, 2.75) is 6.92 Å². The van der Waals surface area contributed by atoms with E-state index in [4.69, 9.17) is 10.00 Å². The maximum Gasteiger partial charge on any atom is 0.129 e. The molecule has 0 amide bonds. The smallest absolute Gasteiger partial charge is 0.129 e. The van der Waals surface area contributed by atoms with E-state index in [0.717, 1.165) is 16.3 Å². The third-order valence-corrected chi connectivity index (χ3v) is 2.97. The minimum atomic E-state index is 0.612. The molecule has 2 aromatic rings. The molecule has 0 radical (unpaired) electrons. The van der Waals surface area contributed by atoms with Crippen LogP contribution in [0.4, 0.5) is 0 Å². The van der Waals surface area contributed by atoms with Gasteiger partial charge in [0, 0.05) is 0 Å². The van der Waals surface area contributed by atoms with Gasteiger partial charge in [0.2, 0.25) is 0 Å². The van der Waals surface area contributed by atoms with Crippen molar-refractivity contribution in [3.05, 3.63) is 35.3 Å². The zero-order valence-corrected chi connectivity index (χ0v) is 9.62. The summed E-state index contributed by atoms with van der Waals surface area (Å²) in [6.45, 7) is 2.56. The van der Waals surface area contributed by atoms with E-state index >= 15 is 0 Å². The molecule has 1 aromatic heterocycles. The highest BCUT2D eigenvalue weighted by molar-refractivity contribution is 7.15. The molecule has 3 nitrogen and oxygen atoms in total. The molecule has 1 aromatic carbocycles. The molecule has 4 heteroatoms. The highest BCUT2D eigenvalue weighted by Crippen LogP contribution is 2.32. The zero-order chi connectivity index (χ0) is 11.4. The van der Waals surface area contributed by atoms with Gasteiger partial charge in [-0.15, -0.1) is 11.3 Å². The van der Waals surface area contributed by atoms with Gasteiger partial charge >= 0.3 is 0 Å². The van der Waals surface area contributed by atoms with Crippen LogP contribution in [0.2, 0.25) is 0 Å². The highest BCUT2D eigenvalue weighted by atomic mass is 32.1. The zero-order valence-electron chi connectivity index (χ0n) is 8.80. The Balaban J connectivity index is 2.43. The Hall–Kier alpha value is -1.86. The maximum atomic E-state index is 8.76. The van der Waals surface area contributed by atoms with Gasteiger partial charge in [0.15, 0.2) is 0 Å². The Kier molecular flexibility index (Phi) is 3.18. The molecule has 0 aliphatic rings. The number of rotatable bonds is 3. The molecule has 0 spiro atoms. The first kappa shape index (κ1) is 10.7. The number of aromatic nitrogens is 1. The molecule has 2 rings (SSSR count). The van der Waals surface area contributed by atoms with E-state index in [-0.39, 0.29) is 0 Å². The maximum absolute atomic E-state index is 8.76. The van der Waals surface area contributed by atoms with Crippen LogP contribution in [0, 0.1) is 11.3 Å². The number of benzene rings is 1. The first-order chi connectivity index (χ1) is 7.85. The van der Waals surface area contributed by atoms with Crippen LogP contribution in [0.15, 0.2) is 30.5 Å². The molecule has 1 heterocycles. The number of hydrogen-bond donors (Lipinski definition) is 0. The van der Waals surface area contributed by atoms with E-state index in [9.17, 15) is 0 Å². The van der Waals surface area contributed by atoms with Crippen molar-refractivity contribution < 1.29 is 4.74 Å². The molecular formula is C12H10N2OS. The van der Waals surface area contributed by atoms with E-state index in [1.807, 2.05) is 31.2 Å². The molecule has 0 aliphatic heterocycles. The molecule has 0 saturated heterocycles. The van der Waals surface area contributed by atoms with Gasteiger partial charge in [-0.25, -0.2) is 4.98 Å². The molecule has 80 valence electrons. The van der Waals surface area contributed by atoms with Crippen LogP contribution < -0.4 is 4.74 Å². The lowest BCUT2D eigenvalue weighted by Gasteiger charge is -2.06. The molecule has 0 saturated carbocycles. The number of nitrogens with zero attached hydrogens (tertiary/aromatic N) is 2. The fraction of sp³-hybridized carbons (Fsp3) is 0.167. The van der Waals surface area contributed by atoms with Crippen molar-refractivity contribution in [3.8, 4) is 22.4 Å². The Bertz CT molecular complexity index is 528. The van der Waals surface area contributed by atoms with E-state index in [0.29, 0.717) is 11.5 Å². The topological polar surface area (TPSA) is 45.9 Å². The van der Waals surface area contributed by atoms with Gasteiger partial charge in [-0.05, 0) is 19.1 Å². The van der Waals surface area contributed by atoms with Crippen LogP contribution in [-0.4, -0.2) is 11.6 Å². The fourth-order valence-corrected chi connectivity index (χ4v) is 2.12. The second-order valence-electron chi connectivity index (χ2n) is 3.07. The van der Waals surface area contributed by atoms with Gasteiger partial charge in [-0.1, -0.05) is 12.1 Å². The predicted molar refractivity (Wildman–Crippen MR) is 63.4 cm³/mol. The van der Waals surface area contributed by atoms with Crippen LogP contribution in [0.1, 0.15) is 11.8 Å². The third kappa shape index (κ3) is 2.05. The van der Waals surface area contributed by atoms with Gasteiger partial charge in [-0.2, -0.15) is 5.26 Å². The Morgan fingerprint density at radius 2 is 2.25 bits per heavy atom. The van der Waals surface area contributed by atoms with E-state index in [1.54, 1.807) is 6.20 Å². The molecule has 0 aliphatic carbocycles. The van der Waals surface area contributed by atoms with Crippen LogP contribution in [0.5, 0.6) is 5.75 Å². The third-order valence-electron chi connectivity index (χ3n) is 2.03. The van der Waals surface area contributed by atoms with Crippen molar-refractivity contribution in [1.29, 1.82) is 5.26 Å². The summed E-state index contributed by atoms with van der Waals surface area (Å²) in [5.74, 6) is 0.809. The number of nitriles is 1. The second kappa shape index (κ2) is 4.77. The normalized spacial score (nSPS) is 9.75. The summed E-state index contributed by atoms with van der Waals surface area (Å²) in [6.07, 6.45) is 1.59. The van der Waals surface area contributed by atoms with Crippen LogP contribution in [0.25, 0.3) is 10.6 Å². The van der Waals surface area contributed by atoms with Gasteiger partial charge in [0.1, 0.15) is 21.7 Å². The Morgan fingerprint density at radius 1 is 1.44 bits per heavy atom. The highest BCUT2D eigenvalue weighted by Gasteiger charge is 2.09. The quantitative estimate of drug-likeness (QED) is 0.814. The van der Waals surface area contributed by atoms with Gasteiger partial charge in [0.05, 0.1) is 18.4 Å². The summed E-state index contributed by atoms with van der Waals surface area (Å²) in [7, 11) is 0. The minimum Gasteiger partial charge on any atom is -0.493 e. The lowest BCUT2D eigenvalue weighted by Crippen LogP contribution is -1.93. The molecular weight excluding hydrogens is 220 g/mol. The van der Waals surface area contributed by atoms with Gasteiger partial charge in [0.25, 0.3) is 0 Å². The van der Waals surface area contributed by atoms with Crippen molar-refractivity contribution in [1.82, 2.24) is 4.98 Å². The van der Waals surface area contributed by atoms with Crippen molar-refractivity contribution in [3.63, 3.8) is 0 Å². The molecule has 0 fully saturated rings. The Morgan fingerprint density at radius 3 is 2.94 bits per heavy atom. The summed E-state index contributed by atoms with van der Waals surface area (Å²) < 4.78 is 5.52. The lowest BCUT2D eigenvalue weighted by atomic mass is 10.2. The summed E-state index contributed by atoms with van der Waals surface area (Å²) in [5, 5.41) is 9.58. The number of thiazole rings is 1. The minimum absolute atomic E-state index is 0.612. The van der Waals surface area contributed by atoms with Gasteiger partial charge < -0.3 is 4.74 Å². The van der Waals surface area contributed by atoms with E-state index in [1.165, 1.54) is 11.3 Å². The first-order valence-electron chi connectivity index (χ1n) is 4.93. The van der Waals surface area contributed by atoms with E-state index in [2.05, 4.69) is 11.1 Å². The monoisotopic (exact) mass is 230 g/mol. The largest absolute Gasteiger partial charge is 0.493 e. The fourth-order valence-electron chi connectivity index (χ4n) is 1.38. The van der Waals surface area contributed by atoms with E-state index < -0.39 is 0 Å².